The van der Waals surface area contributed by atoms with Crippen LogP contribution >= 0.6 is 0 Å². The van der Waals surface area contributed by atoms with Gasteiger partial charge in [0.1, 0.15) is 0 Å². The van der Waals surface area contributed by atoms with Crippen LogP contribution in [0.5, 0.6) is 6.01 Å². The van der Waals surface area contributed by atoms with Gasteiger partial charge in [-0.25, -0.2) is 0 Å². The maximum absolute atomic E-state index is 5.51. The lowest BCUT2D eigenvalue weighted by molar-refractivity contribution is 0.312. The molecule has 6 heteroatoms. The number of nitrogen functional groups attached to an aromatic ring is 1. The van der Waals surface area contributed by atoms with Crippen LogP contribution in [0.1, 0.15) is 20.8 Å². The van der Waals surface area contributed by atoms with Crippen LogP contribution < -0.4 is 15.8 Å². The second-order valence-electron chi connectivity index (χ2n) is 3.51. The van der Waals surface area contributed by atoms with Crippen molar-refractivity contribution in [2.24, 2.45) is 5.92 Å². The number of rotatable bonds is 5. The zero-order chi connectivity index (χ0) is 11.3. The first kappa shape index (κ1) is 11.5. The summed E-state index contributed by atoms with van der Waals surface area (Å²) in [5, 5.41) is 3.06. The summed E-state index contributed by atoms with van der Waals surface area (Å²) < 4.78 is 5.15. The number of ether oxygens (including phenoxy) is 1. The van der Waals surface area contributed by atoms with Crippen LogP contribution in [-0.4, -0.2) is 28.1 Å². The average Bonchev–Trinajstić information content (AvgIpc) is 2.14. The second kappa shape index (κ2) is 5.33. The smallest absolute Gasteiger partial charge is 0.323 e. The fourth-order valence-corrected chi connectivity index (χ4v) is 0.940. The van der Waals surface area contributed by atoms with Gasteiger partial charge in [0.15, 0.2) is 0 Å². The topological polar surface area (TPSA) is 86.0 Å². The van der Waals surface area contributed by atoms with Crippen LogP contribution in [0.25, 0.3) is 0 Å². The van der Waals surface area contributed by atoms with Gasteiger partial charge in [-0.05, 0) is 12.8 Å². The lowest BCUT2D eigenvalue weighted by atomic mass is 10.2. The lowest BCUT2D eigenvalue weighted by Gasteiger charge is -2.08. The summed E-state index contributed by atoms with van der Waals surface area (Å²) in [5.41, 5.74) is 5.51. The minimum atomic E-state index is 0.166. The van der Waals surface area contributed by atoms with Crippen molar-refractivity contribution in [1.82, 2.24) is 15.0 Å². The molecule has 84 valence electrons. The van der Waals surface area contributed by atoms with E-state index in [1.54, 1.807) is 0 Å². The first-order chi connectivity index (χ1) is 7.11. The fraction of sp³-hybridized carbons (Fsp3) is 0.667. The normalized spacial score (nSPS) is 10.4. The van der Waals surface area contributed by atoms with Crippen molar-refractivity contribution in [1.29, 1.82) is 0 Å². The van der Waals surface area contributed by atoms with E-state index in [1.807, 2.05) is 6.92 Å². The minimum Gasteiger partial charge on any atom is -0.464 e. The first-order valence-corrected chi connectivity index (χ1v) is 5.00. The van der Waals surface area contributed by atoms with Gasteiger partial charge in [0.25, 0.3) is 0 Å². The predicted octanol–water partition coefficient (Wildman–Crippen LogP) is 0.920. The summed E-state index contributed by atoms with van der Waals surface area (Å²) in [6, 6.07) is 0.260. The van der Waals surface area contributed by atoms with Crippen molar-refractivity contribution in [3.63, 3.8) is 0 Å². The summed E-state index contributed by atoms with van der Waals surface area (Å²) in [6.45, 7) is 7.35. The summed E-state index contributed by atoms with van der Waals surface area (Å²) in [5.74, 6) is 1.14. The molecule has 0 saturated heterocycles. The van der Waals surface area contributed by atoms with Crippen LogP contribution in [0.15, 0.2) is 0 Å². The van der Waals surface area contributed by atoms with Crippen LogP contribution in [0.3, 0.4) is 0 Å². The molecule has 1 aromatic rings. The highest BCUT2D eigenvalue weighted by Gasteiger charge is 2.04. The SMILES string of the molecule is CCOc1nc(N)nc(NCC(C)C)n1. The standard InChI is InChI=1S/C9H17N5O/c1-4-15-9-13-7(10)12-8(14-9)11-5-6(2)3/h6H,4-5H2,1-3H3,(H3,10,11,12,13,14). The number of anilines is 2. The molecule has 3 N–H and O–H groups in total. The van der Waals surface area contributed by atoms with E-state index in [4.69, 9.17) is 10.5 Å². The molecule has 0 radical (unpaired) electrons. The maximum Gasteiger partial charge on any atom is 0.323 e. The van der Waals surface area contributed by atoms with Gasteiger partial charge in [0.05, 0.1) is 6.61 Å². The molecule has 1 aromatic heterocycles. The molecule has 1 rings (SSSR count). The molecule has 15 heavy (non-hydrogen) atoms. The lowest BCUT2D eigenvalue weighted by Crippen LogP contribution is -2.13. The van der Waals surface area contributed by atoms with Gasteiger partial charge in [0.2, 0.25) is 11.9 Å². The number of nitrogens with two attached hydrogens (primary N) is 1. The number of hydrogen-bond donors (Lipinski definition) is 2. The third-order valence-electron chi connectivity index (χ3n) is 1.57. The molecule has 0 atom stereocenters. The monoisotopic (exact) mass is 211 g/mol. The Morgan fingerprint density at radius 3 is 2.67 bits per heavy atom. The maximum atomic E-state index is 5.51. The molecule has 0 fully saturated rings. The van der Waals surface area contributed by atoms with Gasteiger partial charge in [-0.3, -0.25) is 0 Å². The summed E-state index contributed by atoms with van der Waals surface area (Å²) in [6.07, 6.45) is 0. The first-order valence-electron chi connectivity index (χ1n) is 5.00. The molecular weight excluding hydrogens is 194 g/mol. The highest BCUT2D eigenvalue weighted by molar-refractivity contribution is 5.32. The van der Waals surface area contributed by atoms with Crippen LogP contribution in [0.4, 0.5) is 11.9 Å². The molecule has 0 aliphatic carbocycles. The predicted molar refractivity (Wildman–Crippen MR) is 58.7 cm³/mol. The van der Waals surface area contributed by atoms with Gasteiger partial charge in [0, 0.05) is 6.54 Å². The van der Waals surface area contributed by atoms with E-state index in [0.717, 1.165) is 6.54 Å². The van der Waals surface area contributed by atoms with E-state index in [1.165, 1.54) is 0 Å². The molecule has 0 bridgehead atoms. The van der Waals surface area contributed by atoms with E-state index in [-0.39, 0.29) is 12.0 Å². The van der Waals surface area contributed by atoms with Crippen molar-refractivity contribution < 1.29 is 4.74 Å². The van der Waals surface area contributed by atoms with E-state index >= 15 is 0 Å². The van der Waals surface area contributed by atoms with Crippen molar-refractivity contribution in [3.05, 3.63) is 0 Å². The van der Waals surface area contributed by atoms with Gasteiger partial charge < -0.3 is 15.8 Å². The molecule has 0 amide bonds. The fourth-order valence-electron chi connectivity index (χ4n) is 0.940. The van der Waals surface area contributed by atoms with E-state index < -0.39 is 0 Å². The number of aromatic nitrogens is 3. The van der Waals surface area contributed by atoms with Crippen LogP contribution in [-0.2, 0) is 0 Å². The number of hydrogen-bond acceptors (Lipinski definition) is 6. The van der Waals surface area contributed by atoms with Crippen LogP contribution in [0.2, 0.25) is 0 Å². The molecule has 0 saturated carbocycles. The van der Waals surface area contributed by atoms with E-state index in [2.05, 4.69) is 34.1 Å². The Morgan fingerprint density at radius 1 is 1.33 bits per heavy atom. The molecule has 0 aliphatic heterocycles. The van der Waals surface area contributed by atoms with Gasteiger partial charge in [-0.1, -0.05) is 13.8 Å². The highest BCUT2D eigenvalue weighted by Crippen LogP contribution is 2.09. The Bertz CT molecular complexity index is 315. The van der Waals surface area contributed by atoms with Crippen molar-refractivity contribution in [2.45, 2.75) is 20.8 Å². The number of nitrogens with one attached hydrogen (secondary N) is 1. The summed E-state index contributed by atoms with van der Waals surface area (Å²) in [7, 11) is 0. The molecule has 0 spiro atoms. The summed E-state index contributed by atoms with van der Waals surface area (Å²) in [4.78, 5) is 11.9. The van der Waals surface area contributed by atoms with Crippen LogP contribution in [0, 0.1) is 5.92 Å². The Morgan fingerprint density at radius 2 is 2.07 bits per heavy atom. The van der Waals surface area contributed by atoms with Gasteiger partial charge in [-0.2, -0.15) is 15.0 Å². The van der Waals surface area contributed by atoms with Gasteiger partial charge in [-0.15, -0.1) is 0 Å². The Labute approximate surface area is 89.3 Å². The number of nitrogens with zero attached hydrogens (tertiary/aromatic N) is 3. The van der Waals surface area contributed by atoms with E-state index in [9.17, 15) is 0 Å². The molecule has 0 aliphatic rings. The Hall–Kier alpha value is -1.59. The summed E-state index contributed by atoms with van der Waals surface area (Å²) >= 11 is 0. The van der Waals surface area contributed by atoms with Gasteiger partial charge >= 0.3 is 6.01 Å². The highest BCUT2D eigenvalue weighted by atomic mass is 16.5. The molecule has 6 nitrogen and oxygen atoms in total. The quantitative estimate of drug-likeness (QED) is 0.753. The molecule has 0 aromatic carbocycles. The van der Waals surface area contributed by atoms with Crippen molar-refractivity contribution in [3.8, 4) is 6.01 Å². The zero-order valence-corrected chi connectivity index (χ0v) is 9.32. The zero-order valence-electron chi connectivity index (χ0n) is 9.32. The molecule has 1 heterocycles. The third-order valence-corrected chi connectivity index (χ3v) is 1.57. The van der Waals surface area contributed by atoms with Crippen molar-refractivity contribution in [2.75, 3.05) is 24.2 Å². The second-order valence-corrected chi connectivity index (χ2v) is 3.51. The third kappa shape index (κ3) is 3.97. The minimum absolute atomic E-state index is 0.166. The Kier molecular flexibility index (Phi) is 4.08. The Balaban J connectivity index is 2.70. The largest absolute Gasteiger partial charge is 0.464 e. The molecule has 0 unspecified atom stereocenters. The molecular formula is C9H17N5O. The van der Waals surface area contributed by atoms with E-state index in [0.29, 0.717) is 18.5 Å². The average molecular weight is 211 g/mol. The van der Waals surface area contributed by atoms with Crippen molar-refractivity contribution >= 4 is 11.9 Å².